The molecule has 1 aromatic heterocycles. The Morgan fingerprint density at radius 1 is 1.11 bits per heavy atom. The van der Waals surface area contributed by atoms with Gasteiger partial charge in [0.2, 0.25) is 0 Å². The Kier molecular flexibility index (Phi) is 6.87. The van der Waals surface area contributed by atoms with E-state index in [4.69, 9.17) is 9.47 Å². The summed E-state index contributed by atoms with van der Waals surface area (Å²) in [5.74, 6) is 2.06. The Bertz CT molecular complexity index is 783. The van der Waals surface area contributed by atoms with Gasteiger partial charge < -0.3 is 24.3 Å². The van der Waals surface area contributed by atoms with Crippen LogP contribution in [0.4, 0.5) is 5.82 Å². The van der Waals surface area contributed by atoms with Crippen LogP contribution in [0.5, 0.6) is 11.5 Å². The lowest BCUT2D eigenvalue weighted by Crippen LogP contribution is -2.46. The van der Waals surface area contributed by atoms with Gasteiger partial charge in [0, 0.05) is 38.6 Å². The van der Waals surface area contributed by atoms with Gasteiger partial charge in [-0.05, 0) is 30.7 Å². The molecule has 0 saturated carbocycles. The Morgan fingerprint density at radius 3 is 2.44 bits per heavy atom. The molecular weight excluding hydrogens is 344 g/mol. The van der Waals surface area contributed by atoms with E-state index in [1.807, 2.05) is 35.2 Å². The zero-order valence-corrected chi connectivity index (χ0v) is 15.5. The van der Waals surface area contributed by atoms with Gasteiger partial charge >= 0.3 is 0 Å². The van der Waals surface area contributed by atoms with Crippen molar-refractivity contribution in [1.82, 2.24) is 14.9 Å². The second-order valence-electron chi connectivity index (χ2n) is 6.23. The monoisotopic (exact) mass is 370 g/mol. The number of benzene rings is 1. The van der Waals surface area contributed by atoms with Crippen molar-refractivity contribution in [3.05, 3.63) is 59.7 Å². The second kappa shape index (κ2) is 9.78. The maximum atomic E-state index is 12.6. The van der Waals surface area contributed by atoms with Gasteiger partial charge in [0.1, 0.15) is 18.1 Å². The normalized spacial score (nSPS) is 14.0. The molecule has 0 unspecified atom stereocenters. The van der Waals surface area contributed by atoms with Crippen LogP contribution < -0.4 is 25.2 Å². The van der Waals surface area contributed by atoms with Crippen LogP contribution in [0.1, 0.15) is 6.42 Å². The summed E-state index contributed by atoms with van der Waals surface area (Å²) in [5.41, 5.74) is -0.0750. The number of hydrogen-bond acceptors (Lipinski definition) is 6. The standard InChI is InChI=1S/C20H26N4O3/c1-2-3-15-26-17-4-6-18(7-5-17)27-16-14-24-13-10-22-19(20(24)25)23-11-8-21-9-12-23/h2,4-7,10,13,21H,1,3,8-9,11-12,14-16H2. The highest BCUT2D eigenvalue weighted by molar-refractivity contribution is 5.36. The summed E-state index contributed by atoms with van der Waals surface area (Å²) >= 11 is 0. The van der Waals surface area contributed by atoms with E-state index in [1.54, 1.807) is 17.0 Å². The first-order chi connectivity index (χ1) is 13.3. The molecule has 1 saturated heterocycles. The van der Waals surface area contributed by atoms with Gasteiger partial charge in [-0.25, -0.2) is 4.98 Å². The van der Waals surface area contributed by atoms with Crippen LogP contribution in [0.25, 0.3) is 0 Å². The van der Waals surface area contributed by atoms with Crippen LogP contribution in [0.3, 0.4) is 0 Å². The van der Waals surface area contributed by atoms with Crippen molar-refractivity contribution in [2.75, 3.05) is 44.3 Å². The molecule has 1 aromatic carbocycles. The topological polar surface area (TPSA) is 68.6 Å². The fraction of sp³-hybridized carbons (Fsp3) is 0.400. The third-order valence-electron chi connectivity index (χ3n) is 4.33. The minimum absolute atomic E-state index is 0.0750. The number of anilines is 1. The molecule has 0 spiro atoms. The molecule has 0 bridgehead atoms. The van der Waals surface area contributed by atoms with Crippen molar-refractivity contribution >= 4 is 5.82 Å². The van der Waals surface area contributed by atoms with E-state index in [-0.39, 0.29) is 5.56 Å². The van der Waals surface area contributed by atoms with Gasteiger partial charge in [-0.15, -0.1) is 6.58 Å². The number of nitrogens with one attached hydrogen (secondary N) is 1. The molecule has 7 heteroatoms. The first kappa shape index (κ1) is 19.0. The summed E-state index contributed by atoms with van der Waals surface area (Å²) in [4.78, 5) is 18.9. The van der Waals surface area contributed by atoms with Crippen molar-refractivity contribution in [2.24, 2.45) is 0 Å². The smallest absolute Gasteiger partial charge is 0.293 e. The molecule has 1 aliphatic rings. The minimum Gasteiger partial charge on any atom is -0.493 e. The molecule has 1 fully saturated rings. The third-order valence-corrected chi connectivity index (χ3v) is 4.33. The largest absolute Gasteiger partial charge is 0.493 e. The molecule has 27 heavy (non-hydrogen) atoms. The van der Waals surface area contributed by atoms with E-state index in [1.165, 1.54) is 0 Å². The molecular formula is C20H26N4O3. The molecule has 1 aliphatic heterocycles. The predicted molar refractivity (Wildman–Crippen MR) is 106 cm³/mol. The average molecular weight is 370 g/mol. The van der Waals surface area contributed by atoms with E-state index in [0.29, 0.717) is 25.6 Å². The van der Waals surface area contributed by atoms with Crippen molar-refractivity contribution in [1.29, 1.82) is 0 Å². The van der Waals surface area contributed by atoms with Crippen LogP contribution >= 0.6 is 0 Å². The Morgan fingerprint density at radius 2 is 1.78 bits per heavy atom. The van der Waals surface area contributed by atoms with Crippen LogP contribution in [0, 0.1) is 0 Å². The molecule has 0 radical (unpaired) electrons. The van der Waals surface area contributed by atoms with E-state index >= 15 is 0 Å². The lowest BCUT2D eigenvalue weighted by molar-refractivity contribution is 0.294. The number of ether oxygens (including phenoxy) is 2. The van der Waals surface area contributed by atoms with Gasteiger partial charge in [0.25, 0.3) is 5.56 Å². The van der Waals surface area contributed by atoms with E-state index < -0.39 is 0 Å². The summed E-state index contributed by atoms with van der Waals surface area (Å²) in [6, 6.07) is 7.48. The molecule has 0 atom stereocenters. The summed E-state index contributed by atoms with van der Waals surface area (Å²) < 4.78 is 13.0. The van der Waals surface area contributed by atoms with Crippen LogP contribution in [0.15, 0.2) is 54.1 Å². The number of aromatic nitrogens is 2. The van der Waals surface area contributed by atoms with Crippen LogP contribution in [0.2, 0.25) is 0 Å². The molecule has 7 nitrogen and oxygen atoms in total. The van der Waals surface area contributed by atoms with Gasteiger partial charge in [-0.3, -0.25) is 4.79 Å². The molecule has 2 heterocycles. The number of rotatable bonds is 9. The quantitative estimate of drug-likeness (QED) is 0.535. The SMILES string of the molecule is C=CCCOc1ccc(OCCn2ccnc(N3CCNCC3)c2=O)cc1. The number of hydrogen-bond donors (Lipinski definition) is 1. The van der Waals surface area contributed by atoms with Crippen molar-refractivity contribution in [3.8, 4) is 11.5 Å². The van der Waals surface area contributed by atoms with Crippen molar-refractivity contribution in [2.45, 2.75) is 13.0 Å². The highest BCUT2D eigenvalue weighted by Gasteiger charge is 2.16. The average Bonchev–Trinajstić information content (AvgIpc) is 2.71. The van der Waals surface area contributed by atoms with Gasteiger partial charge in [0.05, 0.1) is 13.2 Å². The van der Waals surface area contributed by atoms with Gasteiger partial charge in [-0.2, -0.15) is 0 Å². The fourth-order valence-corrected chi connectivity index (χ4v) is 2.86. The first-order valence-corrected chi connectivity index (χ1v) is 9.25. The molecule has 144 valence electrons. The second-order valence-corrected chi connectivity index (χ2v) is 6.23. The summed E-state index contributed by atoms with van der Waals surface area (Å²) in [6.45, 7) is 8.49. The summed E-state index contributed by atoms with van der Waals surface area (Å²) in [7, 11) is 0. The highest BCUT2D eigenvalue weighted by atomic mass is 16.5. The summed E-state index contributed by atoms with van der Waals surface area (Å²) in [5, 5.41) is 3.28. The van der Waals surface area contributed by atoms with Gasteiger partial charge in [0.15, 0.2) is 5.82 Å². The molecule has 2 aromatic rings. The van der Waals surface area contributed by atoms with Crippen LogP contribution in [-0.2, 0) is 6.54 Å². The Labute approximate surface area is 159 Å². The van der Waals surface area contributed by atoms with Gasteiger partial charge in [-0.1, -0.05) is 6.08 Å². The zero-order chi connectivity index (χ0) is 18.9. The maximum absolute atomic E-state index is 12.6. The number of piperazine rings is 1. The molecule has 3 rings (SSSR count). The maximum Gasteiger partial charge on any atom is 0.293 e. The first-order valence-electron chi connectivity index (χ1n) is 9.25. The molecule has 1 N–H and O–H groups in total. The number of nitrogens with zero attached hydrogens (tertiary/aromatic N) is 3. The summed E-state index contributed by atoms with van der Waals surface area (Å²) in [6.07, 6.45) is 6.02. The highest BCUT2D eigenvalue weighted by Crippen LogP contribution is 2.17. The Balaban J connectivity index is 1.53. The predicted octanol–water partition coefficient (Wildman–Crippen LogP) is 1.69. The van der Waals surface area contributed by atoms with Crippen molar-refractivity contribution < 1.29 is 9.47 Å². The van der Waals surface area contributed by atoms with Crippen LogP contribution in [-0.4, -0.2) is 48.9 Å². The van der Waals surface area contributed by atoms with E-state index in [2.05, 4.69) is 16.9 Å². The third kappa shape index (κ3) is 5.34. The van der Waals surface area contributed by atoms with Crippen molar-refractivity contribution in [3.63, 3.8) is 0 Å². The van der Waals surface area contributed by atoms with E-state index in [0.717, 1.165) is 44.1 Å². The van der Waals surface area contributed by atoms with E-state index in [9.17, 15) is 4.79 Å². The fourth-order valence-electron chi connectivity index (χ4n) is 2.86. The Hall–Kier alpha value is -2.80. The lowest BCUT2D eigenvalue weighted by Gasteiger charge is -2.27. The minimum atomic E-state index is -0.0750. The molecule has 0 amide bonds. The lowest BCUT2D eigenvalue weighted by atomic mass is 10.3. The zero-order valence-electron chi connectivity index (χ0n) is 15.5. The molecule has 0 aliphatic carbocycles.